The van der Waals surface area contributed by atoms with Crippen LogP contribution in [0.3, 0.4) is 0 Å². The van der Waals surface area contributed by atoms with Crippen molar-refractivity contribution in [2.24, 2.45) is 0 Å². The number of anilines is 1. The van der Waals surface area contributed by atoms with Gasteiger partial charge in [0.25, 0.3) is 5.91 Å². The number of carbonyl (C=O) groups excluding carboxylic acids is 1. The quantitative estimate of drug-likeness (QED) is 0.751. The van der Waals surface area contributed by atoms with Crippen molar-refractivity contribution in [2.75, 3.05) is 51.4 Å². The molecule has 0 N–H and O–H groups in total. The van der Waals surface area contributed by atoms with Crippen LogP contribution in [-0.4, -0.2) is 63.4 Å². The number of benzene rings is 2. The predicted molar refractivity (Wildman–Crippen MR) is 112 cm³/mol. The summed E-state index contributed by atoms with van der Waals surface area (Å²) in [5.41, 5.74) is 1.83. The van der Waals surface area contributed by atoms with Crippen molar-refractivity contribution in [1.82, 2.24) is 4.90 Å². The van der Waals surface area contributed by atoms with Crippen molar-refractivity contribution in [3.8, 4) is 11.5 Å². The monoisotopic (exact) mass is 396 g/mol. The van der Waals surface area contributed by atoms with E-state index in [0.29, 0.717) is 25.3 Å². The number of carbonyl (C=O) groups is 1. The second-order valence-corrected chi connectivity index (χ2v) is 7.45. The normalized spacial score (nSPS) is 19.3. The molecule has 2 aromatic rings. The van der Waals surface area contributed by atoms with E-state index in [1.54, 1.807) is 7.11 Å². The van der Waals surface area contributed by atoms with E-state index in [1.165, 1.54) is 0 Å². The first kappa shape index (κ1) is 19.6. The first-order valence-electron chi connectivity index (χ1n) is 10.3. The Morgan fingerprint density at radius 3 is 2.55 bits per heavy atom. The topological polar surface area (TPSA) is 51.2 Å². The highest BCUT2D eigenvalue weighted by molar-refractivity contribution is 5.94. The molecule has 0 radical (unpaired) electrons. The molecule has 2 aliphatic rings. The van der Waals surface area contributed by atoms with E-state index < -0.39 is 0 Å². The zero-order valence-corrected chi connectivity index (χ0v) is 16.9. The maximum atomic E-state index is 12.9. The second kappa shape index (κ2) is 9.18. The molecule has 2 heterocycles. The van der Waals surface area contributed by atoms with E-state index in [4.69, 9.17) is 14.2 Å². The van der Waals surface area contributed by atoms with Crippen LogP contribution in [0.5, 0.6) is 11.5 Å². The largest absolute Gasteiger partial charge is 0.497 e. The van der Waals surface area contributed by atoms with Crippen LogP contribution in [0.25, 0.3) is 0 Å². The van der Waals surface area contributed by atoms with Gasteiger partial charge >= 0.3 is 0 Å². The van der Waals surface area contributed by atoms with Gasteiger partial charge in [0.2, 0.25) is 0 Å². The highest BCUT2D eigenvalue weighted by Gasteiger charge is 2.23. The van der Waals surface area contributed by atoms with E-state index in [1.807, 2.05) is 41.3 Å². The Balaban J connectivity index is 1.32. The van der Waals surface area contributed by atoms with Crippen LogP contribution in [0, 0.1) is 0 Å². The van der Waals surface area contributed by atoms with Crippen LogP contribution in [0.2, 0.25) is 0 Å². The smallest absolute Gasteiger partial charge is 0.254 e. The SMILES string of the molecule is COc1ccc(N2CCN(C(=O)c3cccc(OCC4CCCO4)c3)CC2)cc1. The molecule has 2 aliphatic heterocycles. The lowest BCUT2D eigenvalue weighted by Gasteiger charge is -2.36. The summed E-state index contributed by atoms with van der Waals surface area (Å²) in [6.45, 7) is 4.38. The van der Waals surface area contributed by atoms with E-state index in [9.17, 15) is 4.79 Å². The molecule has 6 heteroatoms. The summed E-state index contributed by atoms with van der Waals surface area (Å²) in [4.78, 5) is 17.2. The van der Waals surface area contributed by atoms with Crippen molar-refractivity contribution < 1.29 is 19.0 Å². The van der Waals surface area contributed by atoms with E-state index in [0.717, 1.165) is 49.7 Å². The van der Waals surface area contributed by atoms with Crippen LogP contribution in [0.15, 0.2) is 48.5 Å². The number of hydrogen-bond acceptors (Lipinski definition) is 5. The minimum Gasteiger partial charge on any atom is -0.497 e. The molecule has 0 bridgehead atoms. The summed E-state index contributed by atoms with van der Waals surface area (Å²) in [6.07, 6.45) is 2.30. The first-order chi connectivity index (χ1) is 14.2. The fourth-order valence-electron chi connectivity index (χ4n) is 3.83. The van der Waals surface area contributed by atoms with Crippen LogP contribution in [0.1, 0.15) is 23.2 Å². The van der Waals surface area contributed by atoms with Crippen molar-refractivity contribution in [3.63, 3.8) is 0 Å². The van der Waals surface area contributed by atoms with Crippen LogP contribution in [-0.2, 0) is 4.74 Å². The molecular formula is C23H28N2O4. The van der Waals surface area contributed by atoms with Gasteiger partial charge < -0.3 is 24.0 Å². The number of rotatable bonds is 6. The van der Waals surface area contributed by atoms with Gasteiger partial charge in [-0.25, -0.2) is 0 Å². The summed E-state index contributed by atoms with van der Waals surface area (Å²) < 4.78 is 16.7. The number of piperazine rings is 1. The minimum absolute atomic E-state index is 0.0574. The fourth-order valence-corrected chi connectivity index (χ4v) is 3.83. The van der Waals surface area contributed by atoms with Gasteiger partial charge in [-0.05, 0) is 55.3 Å². The Kier molecular flexibility index (Phi) is 6.20. The van der Waals surface area contributed by atoms with Gasteiger partial charge in [-0.3, -0.25) is 4.79 Å². The van der Waals surface area contributed by atoms with Crippen molar-refractivity contribution in [2.45, 2.75) is 18.9 Å². The van der Waals surface area contributed by atoms with Crippen molar-refractivity contribution in [1.29, 1.82) is 0 Å². The first-order valence-corrected chi connectivity index (χ1v) is 10.3. The predicted octanol–water partition coefficient (Wildman–Crippen LogP) is 3.22. The van der Waals surface area contributed by atoms with Gasteiger partial charge in [0, 0.05) is 44.0 Å². The highest BCUT2D eigenvalue weighted by Crippen LogP contribution is 2.22. The molecule has 2 saturated heterocycles. The zero-order chi connectivity index (χ0) is 20.1. The van der Waals surface area contributed by atoms with Crippen LogP contribution < -0.4 is 14.4 Å². The minimum atomic E-state index is 0.0574. The summed E-state index contributed by atoms with van der Waals surface area (Å²) in [5.74, 6) is 1.63. The average Bonchev–Trinajstić information content (AvgIpc) is 3.31. The molecular weight excluding hydrogens is 368 g/mol. The van der Waals surface area contributed by atoms with Gasteiger partial charge in [0.15, 0.2) is 0 Å². The highest BCUT2D eigenvalue weighted by atomic mass is 16.5. The summed E-state index contributed by atoms with van der Waals surface area (Å²) >= 11 is 0. The van der Waals surface area contributed by atoms with Crippen LogP contribution >= 0.6 is 0 Å². The Labute approximate surface area is 172 Å². The standard InChI is InChI=1S/C23H28N2O4/c1-27-20-9-7-19(8-10-20)24-11-13-25(14-12-24)23(26)18-4-2-5-21(16-18)29-17-22-6-3-15-28-22/h2,4-5,7-10,16,22H,3,6,11-15,17H2,1H3. The maximum Gasteiger partial charge on any atom is 0.254 e. The lowest BCUT2D eigenvalue weighted by Crippen LogP contribution is -2.48. The summed E-state index contributed by atoms with van der Waals surface area (Å²) in [7, 11) is 1.67. The summed E-state index contributed by atoms with van der Waals surface area (Å²) in [6, 6.07) is 15.5. The molecule has 1 atom stereocenters. The molecule has 2 aromatic carbocycles. The average molecular weight is 396 g/mol. The molecule has 2 fully saturated rings. The fraction of sp³-hybridized carbons (Fsp3) is 0.435. The van der Waals surface area contributed by atoms with Gasteiger partial charge in [-0.2, -0.15) is 0 Å². The zero-order valence-electron chi connectivity index (χ0n) is 16.9. The van der Waals surface area contributed by atoms with Gasteiger partial charge in [-0.15, -0.1) is 0 Å². The Hall–Kier alpha value is -2.73. The van der Waals surface area contributed by atoms with Crippen LogP contribution in [0.4, 0.5) is 5.69 Å². The number of ether oxygens (including phenoxy) is 3. The summed E-state index contributed by atoms with van der Waals surface area (Å²) in [5, 5.41) is 0. The molecule has 0 aromatic heterocycles. The third-order valence-corrected chi connectivity index (χ3v) is 5.55. The van der Waals surface area contributed by atoms with Crippen molar-refractivity contribution in [3.05, 3.63) is 54.1 Å². The lowest BCUT2D eigenvalue weighted by molar-refractivity contribution is 0.0677. The Morgan fingerprint density at radius 2 is 1.86 bits per heavy atom. The molecule has 154 valence electrons. The van der Waals surface area contributed by atoms with E-state index in [-0.39, 0.29) is 12.0 Å². The van der Waals surface area contributed by atoms with E-state index >= 15 is 0 Å². The molecule has 0 aliphatic carbocycles. The lowest BCUT2D eigenvalue weighted by atomic mass is 10.1. The van der Waals surface area contributed by atoms with Gasteiger partial charge in [0.05, 0.1) is 13.2 Å². The maximum absolute atomic E-state index is 12.9. The number of methoxy groups -OCH3 is 1. The molecule has 29 heavy (non-hydrogen) atoms. The molecule has 1 amide bonds. The van der Waals surface area contributed by atoms with Gasteiger partial charge in [0.1, 0.15) is 18.1 Å². The molecule has 1 unspecified atom stereocenters. The van der Waals surface area contributed by atoms with Gasteiger partial charge in [-0.1, -0.05) is 6.07 Å². The Morgan fingerprint density at radius 1 is 1.07 bits per heavy atom. The molecule has 4 rings (SSSR count). The van der Waals surface area contributed by atoms with Crippen molar-refractivity contribution >= 4 is 11.6 Å². The number of amides is 1. The number of hydrogen-bond donors (Lipinski definition) is 0. The number of nitrogens with zero attached hydrogens (tertiary/aromatic N) is 2. The molecule has 0 spiro atoms. The molecule has 0 saturated carbocycles. The third kappa shape index (κ3) is 4.82. The third-order valence-electron chi connectivity index (χ3n) is 5.55. The molecule has 6 nitrogen and oxygen atoms in total. The second-order valence-electron chi connectivity index (χ2n) is 7.45. The Bertz CT molecular complexity index is 810. The van der Waals surface area contributed by atoms with E-state index in [2.05, 4.69) is 17.0 Å².